The molecular weight excluding hydrogens is 336 g/mol. The van der Waals surface area contributed by atoms with Crippen LogP contribution in [0.4, 0.5) is 0 Å². The minimum Gasteiger partial charge on any atom is -0.340 e. The molecule has 0 spiro atoms. The molecule has 0 heterocycles. The van der Waals surface area contributed by atoms with Crippen molar-refractivity contribution in [2.24, 2.45) is 0 Å². The summed E-state index contributed by atoms with van der Waals surface area (Å²) >= 11 is 0. The summed E-state index contributed by atoms with van der Waals surface area (Å²) in [4.78, 5) is 0. The second-order valence-electron chi connectivity index (χ2n) is 5.37. The molecule has 10 radical (unpaired) electrons. The van der Waals surface area contributed by atoms with Crippen LogP contribution in [0, 0.1) is 77.2 Å². The van der Waals surface area contributed by atoms with E-state index < -0.39 is 0 Å². The topological polar surface area (TPSA) is 0 Å². The van der Waals surface area contributed by atoms with Crippen molar-refractivity contribution in [2.75, 3.05) is 0 Å². The summed E-state index contributed by atoms with van der Waals surface area (Å²) in [6.45, 7) is 6.15. The number of hydrogen-bond donors (Lipinski definition) is 0. The molecule has 0 aromatic heterocycles. The molecule has 126 valence electrons. The average Bonchev–Trinajstić information content (AvgIpc) is 3.38. The Hall–Kier alpha value is -0.326. The number of rotatable bonds is 5. The van der Waals surface area contributed by atoms with Gasteiger partial charge in [-0.2, -0.15) is 35.8 Å². The fraction of sp³-hybridized carbons (Fsp3) is 0.208. The fourth-order valence-corrected chi connectivity index (χ4v) is 2.01. The van der Waals surface area contributed by atoms with Gasteiger partial charge < -0.3 is 6.92 Å². The summed E-state index contributed by atoms with van der Waals surface area (Å²) in [6, 6.07) is 10.3. The summed E-state index contributed by atoms with van der Waals surface area (Å²) < 4.78 is 0. The molecule has 3 rings (SSSR count). The van der Waals surface area contributed by atoms with E-state index in [0.717, 1.165) is 12.8 Å². The van der Waals surface area contributed by atoms with E-state index in [-0.39, 0.29) is 21.7 Å². The molecule has 0 atom stereocenters. The molecule has 0 unspecified atom stereocenters. The molecule has 0 saturated heterocycles. The quantitative estimate of drug-likeness (QED) is 0.430. The second-order valence-corrected chi connectivity index (χ2v) is 5.37. The standard InChI is InChI=1S/C14H18.2C5H5.Ti/c1-3-5-9-13(4-2)12-14-10-7-6-8-11-14;2*1-2-4-5-3-1;/h6-8,10-11H,2-5,9H2,1H3;2*1-5H;/q-2;;;+4. The van der Waals surface area contributed by atoms with E-state index in [1.165, 1.54) is 24.0 Å². The van der Waals surface area contributed by atoms with Crippen LogP contribution in [-0.4, -0.2) is 0 Å². The van der Waals surface area contributed by atoms with Crippen molar-refractivity contribution in [3.63, 3.8) is 0 Å². The monoisotopic (exact) mass is 364 g/mol. The molecule has 2 saturated carbocycles. The minimum absolute atomic E-state index is 0. The SMILES string of the molecule is [CH2-]CC(=[C-]c1ccccc1)CCCC.[CH]1[CH][CH][CH][CH]1.[CH]1[CH][CH][CH][CH]1.[Ti+4]. The molecule has 25 heavy (non-hydrogen) atoms. The molecule has 2 aliphatic rings. The van der Waals surface area contributed by atoms with E-state index in [1.807, 2.05) is 82.4 Å². The zero-order valence-corrected chi connectivity index (χ0v) is 16.8. The van der Waals surface area contributed by atoms with Crippen LogP contribution in [0.1, 0.15) is 38.2 Å². The molecule has 0 aliphatic heterocycles. The van der Waals surface area contributed by atoms with Gasteiger partial charge in [-0.1, -0.05) is 25.8 Å². The third kappa shape index (κ3) is 14.5. The Balaban J connectivity index is 0.000000425. The van der Waals surface area contributed by atoms with Crippen molar-refractivity contribution in [1.82, 2.24) is 0 Å². The van der Waals surface area contributed by atoms with Crippen LogP contribution >= 0.6 is 0 Å². The van der Waals surface area contributed by atoms with Gasteiger partial charge in [-0.25, -0.2) is 0 Å². The van der Waals surface area contributed by atoms with E-state index in [0.29, 0.717) is 0 Å². The third-order valence-corrected chi connectivity index (χ3v) is 3.34. The van der Waals surface area contributed by atoms with Crippen LogP contribution in [0.2, 0.25) is 0 Å². The molecule has 2 aliphatic carbocycles. The van der Waals surface area contributed by atoms with Crippen LogP contribution in [0.25, 0.3) is 0 Å². The fourth-order valence-electron chi connectivity index (χ4n) is 2.01. The Kier molecular flexibility index (Phi) is 18.2. The Bertz CT molecular complexity index is 374. The Labute approximate surface area is 172 Å². The van der Waals surface area contributed by atoms with Crippen molar-refractivity contribution in [3.8, 4) is 0 Å². The zero-order valence-electron chi connectivity index (χ0n) is 15.2. The normalized spacial score (nSPS) is 16.2. The van der Waals surface area contributed by atoms with Crippen molar-refractivity contribution < 1.29 is 21.7 Å². The van der Waals surface area contributed by atoms with Gasteiger partial charge in [0.15, 0.2) is 0 Å². The Morgan fingerprint density at radius 1 is 0.800 bits per heavy atom. The number of allylic oxidation sites excluding steroid dienone is 1. The summed E-state index contributed by atoms with van der Waals surface area (Å²) in [6.07, 6.45) is 27.9. The zero-order chi connectivity index (χ0) is 17.3. The van der Waals surface area contributed by atoms with Crippen LogP contribution in [0.5, 0.6) is 0 Å². The first kappa shape index (κ1) is 24.7. The molecule has 1 aromatic rings. The molecule has 0 bridgehead atoms. The van der Waals surface area contributed by atoms with Crippen molar-refractivity contribution in [3.05, 3.63) is 119 Å². The Morgan fingerprint density at radius 2 is 1.24 bits per heavy atom. The van der Waals surface area contributed by atoms with Crippen LogP contribution in [0.15, 0.2) is 35.9 Å². The van der Waals surface area contributed by atoms with Gasteiger partial charge >= 0.3 is 21.7 Å². The van der Waals surface area contributed by atoms with Gasteiger partial charge in [-0.3, -0.25) is 0 Å². The maximum atomic E-state index is 3.94. The predicted molar refractivity (Wildman–Crippen MR) is 105 cm³/mol. The largest absolute Gasteiger partial charge is 4.00 e. The van der Waals surface area contributed by atoms with E-state index in [2.05, 4.69) is 32.1 Å². The first-order valence-electron chi connectivity index (χ1n) is 8.66. The summed E-state index contributed by atoms with van der Waals surface area (Å²) in [7, 11) is 0. The summed E-state index contributed by atoms with van der Waals surface area (Å²) in [5, 5.41) is 0. The van der Waals surface area contributed by atoms with Crippen molar-refractivity contribution in [1.29, 1.82) is 0 Å². The van der Waals surface area contributed by atoms with Gasteiger partial charge in [0.25, 0.3) is 0 Å². The van der Waals surface area contributed by atoms with Crippen LogP contribution in [-0.2, 0) is 21.7 Å². The first-order chi connectivity index (χ1) is 11.9. The maximum absolute atomic E-state index is 3.94. The smallest absolute Gasteiger partial charge is 0.340 e. The number of hydrogen-bond acceptors (Lipinski definition) is 0. The third-order valence-electron chi connectivity index (χ3n) is 3.34. The first-order valence-corrected chi connectivity index (χ1v) is 8.66. The maximum Gasteiger partial charge on any atom is 4.00 e. The second kappa shape index (κ2) is 18.5. The van der Waals surface area contributed by atoms with Gasteiger partial charge in [0.1, 0.15) is 0 Å². The molecular formula is C24H28Ti+2. The molecule has 0 nitrogen and oxygen atoms in total. The number of benzene rings is 1. The van der Waals surface area contributed by atoms with Gasteiger partial charge in [0.2, 0.25) is 0 Å². The number of unbranched alkanes of at least 4 members (excludes halogenated alkanes) is 1. The van der Waals surface area contributed by atoms with Crippen LogP contribution in [0.3, 0.4) is 0 Å². The van der Waals surface area contributed by atoms with E-state index in [1.54, 1.807) is 0 Å². The Morgan fingerprint density at radius 3 is 1.60 bits per heavy atom. The van der Waals surface area contributed by atoms with Crippen molar-refractivity contribution in [2.45, 2.75) is 32.6 Å². The molecule has 0 N–H and O–H groups in total. The van der Waals surface area contributed by atoms with E-state index in [9.17, 15) is 0 Å². The molecule has 1 aromatic carbocycles. The van der Waals surface area contributed by atoms with Crippen molar-refractivity contribution >= 4 is 0 Å². The van der Waals surface area contributed by atoms with Gasteiger partial charge in [0, 0.05) is 0 Å². The van der Waals surface area contributed by atoms with Gasteiger partial charge in [0.05, 0.1) is 0 Å². The molecule has 2 fully saturated rings. The summed E-state index contributed by atoms with van der Waals surface area (Å²) in [5.74, 6) is 0. The van der Waals surface area contributed by atoms with Gasteiger partial charge in [-0.05, 0) is 70.6 Å². The molecule has 1 heteroatoms. The van der Waals surface area contributed by atoms with E-state index >= 15 is 0 Å². The predicted octanol–water partition coefficient (Wildman–Crippen LogP) is 6.22. The molecule has 0 amide bonds. The summed E-state index contributed by atoms with van der Waals surface area (Å²) in [5.41, 5.74) is 2.50. The van der Waals surface area contributed by atoms with Gasteiger partial charge in [-0.15, -0.1) is 12.1 Å². The average molecular weight is 364 g/mol. The van der Waals surface area contributed by atoms with E-state index in [4.69, 9.17) is 0 Å². The minimum atomic E-state index is 0. The van der Waals surface area contributed by atoms with Crippen LogP contribution < -0.4 is 0 Å².